The number of aromatic nitrogens is 2. The van der Waals surface area contributed by atoms with Gasteiger partial charge in [-0.3, -0.25) is 14.7 Å². The van der Waals surface area contributed by atoms with Crippen LogP contribution in [0.15, 0.2) is 10.5 Å². The zero-order valence-corrected chi connectivity index (χ0v) is 19.7. The van der Waals surface area contributed by atoms with E-state index < -0.39 is 23.8 Å². The average Bonchev–Trinajstić information content (AvgIpc) is 3.42. The molecule has 0 aliphatic carbocycles. The lowest BCUT2D eigenvalue weighted by molar-refractivity contribution is -0.444. The zero-order valence-electron chi connectivity index (χ0n) is 18.8. The minimum atomic E-state index is -0.877. The number of amides is 4. The number of carbonyl (C=O) groups excluding carboxylic acids is 3. The molecule has 3 aliphatic rings. The molecular weight excluding hydrogens is 434 g/mol. The molecule has 2 atom stereocenters. The van der Waals surface area contributed by atoms with E-state index in [4.69, 9.17) is 4.84 Å². The second-order valence-electron chi connectivity index (χ2n) is 8.80. The first-order valence-electron chi connectivity index (χ1n) is 10.6. The summed E-state index contributed by atoms with van der Waals surface area (Å²) in [5, 5.41) is 18.7. The lowest BCUT2D eigenvalue weighted by Crippen LogP contribution is -2.53. The van der Waals surface area contributed by atoms with Gasteiger partial charge >= 0.3 is 11.9 Å². The number of hydroxylamine groups is 2. The van der Waals surface area contributed by atoms with E-state index in [-0.39, 0.29) is 25.1 Å². The molecule has 1 saturated heterocycles. The second-order valence-corrected chi connectivity index (χ2v) is 9.91. The van der Waals surface area contributed by atoms with Gasteiger partial charge in [0.1, 0.15) is 12.7 Å². The van der Waals surface area contributed by atoms with Crippen molar-refractivity contribution in [1.29, 1.82) is 0 Å². The number of β-amino-alcohol motifs (C(OH)–C–C–N with tert-alkyl or cyclic N) is 1. The summed E-state index contributed by atoms with van der Waals surface area (Å²) in [6.45, 7) is 8.28. The molecule has 0 radical (unpaired) electrons. The first kappa shape index (κ1) is 22.7. The number of nitrogens with one attached hydrogen (secondary N) is 1. The molecule has 4 rings (SSSR count). The molecule has 1 aromatic heterocycles. The molecule has 0 bridgehead atoms. The Hall–Kier alpha value is -2.50. The van der Waals surface area contributed by atoms with Crippen LogP contribution in [0.25, 0.3) is 0 Å². The number of imide groups is 1. The van der Waals surface area contributed by atoms with E-state index in [1.807, 2.05) is 27.7 Å². The van der Waals surface area contributed by atoms with Crippen LogP contribution in [-0.2, 0) is 20.8 Å². The number of aryl methyl sites for hydroxylation is 2. The molecule has 1 aromatic rings. The fourth-order valence-corrected chi connectivity index (χ4v) is 5.56. The Morgan fingerprint density at radius 2 is 2.09 bits per heavy atom. The average molecular weight is 463 g/mol. The molecule has 172 valence electrons. The number of aliphatic hydroxyl groups excluding tert-OH is 1. The number of hydrogen-bond donors (Lipinski definition) is 2. The summed E-state index contributed by atoms with van der Waals surface area (Å²) in [6.07, 6.45) is -0.376. The maximum atomic E-state index is 13.5. The number of nitrogens with zero attached hydrogens (tertiary/aromatic N) is 4. The highest BCUT2D eigenvalue weighted by atomic mass is 32.2. The van der Waals surface area contributed by atoms with Gasteiger partial charge in [0.15, 0.2) is 11.0 Å². The van der Waals surface area contributed by atoms with Crippen LogP contribution in [-0.4, -0.2) is 85.6 Å². The zero-order chi connectivity index (χ0) is 23.3. The summed E-state index contributed by atoms with van der Waals surface area (Å²) >= 11 is 1.31. The summed E-state index contributed by atoms with van der Waals surface area (Å²) in [5.41, 5.74) is 2.95. The molecule has 11 heteroatoms. The Morgan fingerprint density at radius 1 is 1.38 bits per heavy atom. The van der Waals surface area contributed by atoms with Crippen molar-refractivity contribution in [3.05, 3.63) is 27.4 Å². The number of urea groups is 1. The van der Waals surface area contributed by atoms with Crippen LogP contribution >= 0.6 is 11.8 Å². The number of thioether (sulfide) groups is 1. The van der Waals surface area contributed by atoms with Crippen LogP contribution in [0.4, 0.5) is 4.79 Å². The maximum Gasteiger partial charge on any atom is 0.501 e. The Balaban J connectivity index is 1.84. The molecule has 0 saturated carbocycles. The summed E-state index contributed by atoms with van der Waals surface area (Å²) in [5.74, 6) is -1.59. The lowest BCUT2D eigenvalue weighted by Gasteiger charge is -2.25. The number of allylic oxidation sites excluding steroid dienone is 1. The first-order valence-corrected chi connectivity index (χ1v) is 11.4. The van der Waals surface area contributed by atoms with Gasteiger partial charge in [0.25, 0.3) is 5.91 Å². The van der Waals surface area contributed by atoms with Crippen LogP contribution in [0.2, 0.25) is 0 Å². The molecule has 1 fully saturated rings. The molecule has 4 amide bonds. The highest BCUT2D eigenvalue weighted by Gasteiger charge is 2.55. The number of aromatic amines is 1. The van der Waals surface area contributed by atoms with Crippen molar-refractivity contribution in [2.75, 3.05) is 26.7 Å². The van der Waals surface area contributed by atoms with E-state index >= 15 is 0 Å². The van der Waals surface area contributed by atoms with Gasteiger partial charge in [0, 0.05) is 22.6 Å². The fraction of sp³-hybridized carbons (Fsp3) is 0.571. The first-order chi connectivity index (χ1) is 15.1. The van der Waals surface area contributed by atoms with Gasteiger partial charge in [0.2, 0.25) is 0 Å². The molecule has 0 spiro atoms. The smallest absolute Gasteiger partial charge is 0.389 e. The SMILES string of the molecule is Cc1n[nH]c(C)c1CC1=C(C(=O)N2C[C@H](O)CO2)C2C(=O)N(C)C(=O)[N+](CC(C)C)=C2S1. The predicted molar refractivity (Wildman–Crippen MR) is 117 cm³/mol. The summed E-state index contributed by atoms with van der Waals surface area (Å²) in [6, 6.07) is -0.390. The third-order valence-corrected chi connectivity index (χ3v) is 7.12. The van der Waals surface area contributed by atoms with Gasteiger partial charge in [-0.25, -0.2) is 9.86 Å². The van der Waals surface area contributed by atoms with Crippen molar-refractivity contribution in [3.63, 3.8) is 0 Å². The van der Waals surface area contributed by atoms with Crippen molar-refractivity contribution >= 4 is 34.7 Å². The van der Waals surface area contributed by atoms with Crippen LogP contribution < -0.4 is 0 Å². The van der Waals surface area contributed by atoms with Gasteiger partial charge in [-0.1, -0.05) is 25.6 Å². The molecule has 4 heterocycles. The number of hydrogen-bond acceptors (Lipinski definition) is 7. The normalized spacial score (nSPS) is 23.8. The minimum absolute atomic E-state index is 0.0223. The van der Waals surface area contributed by atoms with E-state index in [2.05, 4.69) is 10.2 Å². The van der Waals surface area contributed by atoms with Crippen molar-refractivity contribution in [2.24, 2.45) is 11.8 Å². The monoisotopic (exact) mass is 462 g/mol. The number of fused-ring (bicyclic) bond motifs is 1. The number of carbonyl (C=O) groups is 3. The van der Waals surface area contributed by atoms with Crippen molar-refractivity contribution in [3.8, 4) is 0 Å². The summed E-state index contributed by atoms with van der Waals surface area (Å²) in [4.78, 5) is 46.9. The number of H-pyrrole nitrogens is 1. The van der Waals surface area contributed by atoms with Crippen LogP contribution in [0.3, 0.4) is 0 Å². The fourth-order valence-electron chi connectivity index (χ4n) is 4.18. The molecule has 1 unspecified atom stereocenters. The van der Waals surface area contributed by atoms with E-state index in [1.165, 1.54) is 18.8 Å². The summed E-state index contributed by atoms with van der Waals surface area (Å²) in [7, 11) is 1.44. The van der Waals surface area contributed by atoms with E-state index in [9.17, 15) is 19.5 Å². The van der Waals surface area contributed by atoms with Crippen molar-refractivity contribution < 1.29 is 28.9 Å². The van der Waals surface area contributed by atoms with E-state index in [0.717, 1.165) is 26.9 Å². The Morgan fingerprint density at radius 3 is 2.66 bits per heavy atom. The van der Waals surface area contributed by atoms with Crippen molar-refractivity contribution in [2.45, 2.75) is 40.2 Å². The van der Waals surface area contributed by atoms with Crippen LogP contribution in [0.1, 0.15) is 30.8 Å². The topological polar surface area (TPSA) is 119 Å². The van der Waals surface area contributed by atoms with Crippen LogP contribution in [0, 0.1) is 25.7 Å². The molecular formula is C21H28N5O5S+. The number of rotatable bonds is 5. The van der Waals surface area contributed by atoms with Gasteiger partial charge in [0.05, 0.1) is 31.4 Å². The van der Waals surface area contributed by atoms with Crippen molar-refractivity contribution in [1.82, 2.24) is 20.2 Å². The lowest BCUT2D eigenvalue weighted by atomic mass is 9.93. The number of aliphatic hydroxyl groups is 1. The maximum absolute atomic E-state index is 13.5. The standard InChI is InChI=1S/C21H28N5O5S/c1-10(2)7-25-20-17(18(28)24(5)21(25)30)16(19(29)26-8-13(27)9-31-26)15(32-20)6-14-11(3)22-23-12(14)4/h10,13,17,27H,6-9H2,1-5H3,(H,22,23)/q+1/t13-,17?/m0/s1. The molecule has 0 aromatic carbocycles. The molecule has 3 aliphatic heterocycles. The van der Waals surface area contributed by atoms with Gasteiger partial charge in [-0.2, -0.15) is 19.4 Å². The third kappa shape index (κ3) is 3.78. The molecule has 2 N–H and O–H groups in total. The van der Waals surface area contributed by atoms with Crippen LogP contribution in [0.5, 0.6) is 0 Å². The quantitative estimate of drug-likeness (QED) is 0.626. The predicted octanol–water partition coefficient (Wildman–Crippen LogP) is 0.980. The largest absolute Gasteiger partial charge is 0.501 e. The van der Waals surface area contributed by atoms with Gasteiger partial charge < -0.3 is 5.11 Å². The van der Waals surface area contributed by atoms with Gasteiger partial charge in [-0.05, 0) is 19.8 Å². The Bertz CT molecular complexity index is 1040. The highest BCUT2D eigenvalue weighted by Crippen LogP contribution is 2.44. The highest BCUT2D eigenvalue weighted by molar-refractivity contribution is 8.17. The van der Waals surface area contributed by atoms with E-state index in [1.54, 1.807) is 4.58 Å². The summed E-state index contributed by atoms with van der Waals surface area (Å²) < 4.78 is 1.61. The van der Waals surface area contributed by atoms with Gasteiger partial charge in [-0.15, -0.1) is 0 Å². The van der Waals surface area contributed by atoms with E-state index in [0.29, 0.717) is 28.5 Å². The Labute approximate surface area is 190 Å². The Kier molecular flexibility index (Phi) is 5.99. The molecule has 32 heavy (non-hydrogen) atoms. The second kappa shape index (κ2) is 8.45. The third-order valence-electron chi connectivity index (χ3n) is 5.85. The minimum Gasteiger partial charge on any atom is -0.389 e. The molecule has 10 nitrogen and oxygen atoms in total.